The normalized spacial score (nSPS) is 28.9. The maximum Gasteiger partial charge on any atom is 0.265 e. The Balaban J connectivity index is 1.74. The molecule has 3 aromatic heterocycles. The largest absolute Gasteiger partial charge is 0.385 e. The van der Waals surface area contributed by atoms with E-state index in [0.29, 0.717) is 5.65 Å². The third-order valence-electron chi connectivity index (χ3n) is 5.76. The lowest BCUT2D eigenvalue weighted by atomic mass is 9.80. The number of pyridine rings is 1. The summed E-state index contributed by atoms with van der Waals surface area (Å²) in [6.45, 7) is 4.47. The van der Waals surface area contributed by atoms with Crippen LogP contribution in [0.5, 0.6) is 0 Å². The number of aryl methyl sites for hydroxylation is 1. The standard InChI is InChI=1S/C20H22F2N4O4/c1-10-13-4-5-26(16(13)25-9-24-10)17-14(27)20(3,29)18(30-17)19(2,28)12-6-11(15(21)22)7-23-8-12/h4-9,14-15,17-18,27-29H,1-3H3/t14-,17+,18+,19+,20-/m0/s1. The molecule has 0 bridgehead atoms. The van der Waals surface area contributed by atoms with Crippen molar-refractivity contribution in [2.45, 2.75) is 56.8 Å². The van der Waals surface area contributed by atoms with E-state index in [1.54, 1.807) is 16.8 Å². The van der Waals surface area contributed by atoms with E-state index in [1.165, 1.54) is 26.4 Å². The summed E-state index contributed by atoms with van der Waals surface area (Å²) in [5, 5.41) is 33.8. The average Bonchev–Trinajstić information content (AvgIpc) is 3.22. The Kier molecular flexibility index (Phi) is 4.85. The van der Waals surface area contributed by atoms with Crippen molar-refractivity contribution in [1.82, 2.24) is 19.5 Å². The SMILES string of the molecule is Cc1ncnc2c1ccn2[C@@H]1O[C@H]([C@](C)(O)c2cncc(C(F)F)c2)[C@@](C)(O)[C@H]1O. The molecule has 0 amide bonds. The number of ether oxygens (including phenoxy) is 1. The monoisotopic (exact) mass is 420 g/mol. The van der Waals surface area contributed by atoms with E-state index >= 15 is 0 Å². The van der Waals surface area contributed by atoms with Gasteiger partial charge in [-0.1, -0.05) is 0 Å². The van der Waals surface area contributed by atoms with Crippen LogP contribution in [-0.2, 0) is 10.3 Å². The zero-order valence-corrected chi connectivity index (χ0v) is 16.6. The van der Waals surface area contributed by atoms with Crippen molar-refractivity contribution >= 4 is 11.0 Å². The smallest absolute Gasteiger partial charge is 0.265 e. The minimum Gasteiger partial charge on any atom is -0.385 e. The highest BCUT2D eigenvalue weighted by atomic mass is 19.3. The molecule has 0 radical (unpaired) electrons. The van der Waals surface area contributed by atoms with Gasteiger partial charge in [-0.05, 0) is 32.9 Å². The topological polar surface area (TPSA) is 114 Å². The van der Waals surface area contributed by atoms with Gasteiger partial charge >= 0.3 is 0 Å². The molecule has 1 saturated heterocycles. The van der Waals surface area contributed by atoms with Crippen molar-refractivity contribution in [3.05, 3.63) is 53.9 Å². The van der Waals surface area contributed by atoms with Crippen molar-refractivity contribution in [1.29, 1.82) is 0 Å². The minimum atomic E-state index is -2.77. The lowest BCUT2D eigenvalue weighted by molar-refractivity contribution is -0.161. The van der Waals surface area contributed by atoms with Crippen LogP contribution in [0.1, 0.15) is 43.3 Å². The Morgan fingerprint density at radius 3 is 2.73 bits per heavy atom. The summed E-state index contributed by atoms with van der Waals surface area (Å²) in [4.78, 5) is 12.1. The van der Waals surface area contributed by atoms with E-state index in [-0.39, 0.29) is 11.1 Å². The first-order valence-electron chi connectivity index (χ1n) is 9.35. The first-order chi connectivity index (χ1) is 14.0. The van der Waals surface area contributed by atoms with Gasteiger partial charge in [0.15, 0.2) is 6.23 Å². The van der Waals surface area contributed by atoms with Gasteiger partial charge in [-0.15, -0.1) is 0 Å². The van der Waals surface area contributed by atoms with Gasteiger partial charge in [0.1, 0.15) is 35.4 Å². The number of alkyl halides is 2. The summed E-state index contributed by atoms with van der Waals surface area (Å²) in [5.74, 6) is 0. The molecule has 160 valence electrons. The van der Waals surface area contributed by atoms with Crippen LogP contribution in [0.4, 0.5) is 8.78 Å². The second-order valence-electron chi connectivity index (χ2n) is 7.95. The van der Waals surface area contributed by atoms with Gasteiger partial charge < -0.3 is 24.6 Å². The van der Waals surface area contributed by atoms with E-state index in [4.69, 9.17) is 4.74 Å². The molecular weight excluding hydrogens is 398 g/mol. The molecule has 5 atom stereocenters. The van der Waals surface area contributed by atoms with E-state index in [9.17, 15) is 24.1 Å². The number of aliphatic hydroxyl groups is 3. The zero-order chi connectivity index (χ0) is 21.8. The number of fused-ring (bicyclic) bond motifs is 1. The fourth-order valence-electron chi connectivity index (χ4n) is 4.02. The molecule has 3 aromatic rings. The van der Waals surface area contributed by atoms with Crippen LogP contribution in [0.2, 0.25) is 0 Å². The maximum absolute atomic E-state index is 13.1. The van der Waals surface area contributed by atoms with Gasteiger partial charge in [-0.2, -0.15) is 0 Å². The van der Waals surface area contributed by atoms with Crippen LogP contribution in [0, 0.1) is 6.92 Å². The second-order valence-corrected chi connectivity index (χ2v) is 7.95. The van der Waals surface area contributed by atoms with Crippen molar-refractivity contribution in [3.63, 3.8) is 0 Å². The van der Waals surface area contributed by atoms with E-state index in [2.05, 4.69) is 15.0 Å². The molecule has 3 N–H and O–H groups in total. The average molecular weight is 420 g/mol. The number of nitrogens with zero attached hydrogens (tertiary/aromatic N) is 4. The summed E-state index contributed by atoms with van der Waals surface area (Å²) in [7, 11) is 0. The Hall–Kier alpha value is -2.53. The number of hydrogen-bond acceptors (Lipinski definition) is 7. The maximum atomic E-state index is 13.1. The lowest BCUT2D eigenvalue weighted by Gasteiger charge is -2.37. The highest BCUT2D eigenvalue weighted by Crippen LogP contribution is 2.46. The number of aromatic nitrogens is 4. The number of rotatable bonds is 4. The van der Waals surface area contributed by atoms with Gasteiger partial charge in [-0.25, -0.2) is 18.7 Å². The molecule has 4 rings (SSSR count). The highest BCUT2D eigenvalue weighted by Gasteiger charge is 2.59. The highest BCUT2D eigenvalue weighted by molar-refractivity contribution is 5.78. The predicted octanol–water partition coefficient (Wildman–Crippen LogP) is 1.99. The summed E-state index contributed by atoms with van der Waals surface area (Å²) < 4.78 is 33.7. The third kappa shape index (κ3) is 3.07. The van der Waals surface area contributed by atoms with Crippen LogP contribution in [0.15, 0.2) is 37.1 Å². The molecule has 0 aliphatic carbocycles. The molecule has 8 nitrogen and oxygen atoms in total. The van der Waals surface area contributed by atoms with Crippen molar-refractivity contribution in [2.75, 3.05) is 0 Å². The van der Waals surface area contributed by atoms with Crippen molar-refractivity contribution in [2.24, 2.45) is 0 Å². The van der Waals surface area contributed by atoms with E-state index in [0.717, 1.165) is 23.3 Å². The fraction of sp³-hybridized carbons (Fsp3) is 0.450. The van der Waals surface area contributed by atoms with E-state index < -0.39 is 36.1 Å². The first kappa shape index (κ1) is 20.7. The Labute approximate surface area is 170 Å². The molecule has 10 heteroatoms. The van der Waals surface area contributed by atoms with Crippen LogP contribution in [0.25, 0.3) is 11.0 Å². The summed E-state index contributed by atoms with van der Waals surface area (Å²) in [5.41, 5.74) is -2.95. The molecule has 0 saturated carbocycles. The van der Waals surface area contributed by atoms with Crippen LogP contribution in [0.3, 0.4) is 0 Å². The Morgan fingerprint density at radius 2 is 2.03 bits per heavy atom. The Bertz CT molecular complexity index is 1090. The summed E-state index contributed by atoms with van der Waals surface area (Å²) >= 11 is 0. The molecule has 1 aliphatic heterocycles. The molecule has 30 heavy (non-hydrogen) atoms. The summed E-state index contributed by atoms with van der Waals surface area (Å²) in [6.07, 6.45) is -1.38. The van der Waals surface area contributed by atoms with Gasteiger partial charge in [0, 0.05) is 35.1 Å². The second kappa shape index (κ2) is 7.02. The first-order valence-corrected chi connectivity index (χ1v) is 9.35. The quantitative estimate of drug-likeness (QED) is 0.592. The Morgan fingerprint density at radius 1 is 1.30 bits per heavy atom. The molecule has 0 unspecified atom stereocenters. The molecule has 4 heterocycles. The van der Waals surface area contributed by atoms with Gasteiger partial charge in [0.2, 0.25) is 0 Å². The number of hydrogen-bond donors (Lipinski definition) is 3. The van der Waals surface area contributed by atoms with E-state index in [1.807, 2.05) is 6.92 Å². The van der Waals surface area contributed by atoms with Gasteiger partial charge in [0.25, 0.3) is 6.43 Å². The molecule has 0 aromatic carbocycles. The van der Waals surface area contributed by atoms with Crippen LogP contribution >= 0.6 is 0 Å². The third-order valence-corrected chi connectivity index (χ3v) is 5.76. The van der Waals surface area contributed by atoms with Gasteiger partial charge in [-0.3, -0.25) is 4.98 Å². The van der Waals surface area contributed by atoms with Crippen LogP contribution < -0.4 is 0 Å². The number of aliphatic hydroxyl groups excluding tert-OH is 1. The minimum absolute atomic E-state index is 0.0361. The lowest BCUT2D eigenvalue weighted by Crippen LogP contribution is -2.53. The molecule has 1 fully saturated rings. The van der Waals surface area contributed by atoms with Crippen molar-refractivity contribution in [3.8, 4) is 0 Å². The van der Waals surface area contributed by atoms with Crippen LogP contribution in [-0.4, -0.2) is 52.6 Å². The molecule has 1 aliphatic rings. The zero-order valence-electron chi connectivity index (χ0n) is 16.6. The van der Waals surface area contributed by atoms with Gasteiger partial charge in [0.05, 0.1) is 5.69 Å². The predicted molar refractivity (Wildman–Crippen MR) is 102 cm³/mol. The molecule has 0 spiro atoms. The van der Waals surface area contributed by atoms with Crippen molar-refractivity contribution < 1.29 is 28.8 Å². The summed E-state index contributed by atoms with van der Waals surface area (Å²) in [6, 6.07) is 2.87. The molecular formula is C20H22F2N4O4. The number of halogens is 2. The fourth-order valence-corrected chi connectivity index (χ4v) is 4.02.